The molecule has 5 rings (SSSR count). The van der Waals surface area contributed by atoms with E-state index in [9.17, 15) is 9.59 Å². The first-order valence-corrected chi connectivity index (χ1v) is 25.4. The largest absolute Gasteiger partial charge is 0.287 e. The summed E-state index contributed by atoms with van der Waals surface area (Å²) < 4.78 is 12.9. The van der Waals surface area contributed by atoms with Crippen molar-refractivity contribution in [3.05, 3.63) is 63.2 Å². The zero-order valence-corrected chi connectivity index (χ0v) is 35.0. The van der Waals surface area contributed by atoms with Gasteiger partial charge >= 0.3 is 0 Å². The van der Waals surface area contributed by atoms with Crippen molar-refractivity contribution >= 4 is 148 Å². The van der Waals surface area contributed by atoms with E-state index in [1.54, 1.807) is 0 Å². The summed E-state index contributed by atoms with van der Waals surface area (Å²) in [7, 11) is 0. The highest BCUT2D eigenvalue weighted by atomic mass is 32.3. The SMILES string of the molecule is CCCCSC1=C(SCCCC)SC(=c2sc3c(=O)c4sc(=C5SC(SCCCC)=C(SCCCC)S5)sc=4c(=O)c=3s2)S1. The van der Waals surface area contributed by atoms with Crippen LogP contribution in [0.25, 0.3) is 8.47 Å². The van der Waals surface area contributed by atoms with Crippen LogP contribution in [0.1, 0.15) is 79.1 Å². The van der Waals surface area contributed by atoms with Crippen LogP contribution in [-0.2, 0) is 0 Å². The zero-order valence-electron chi connectivity index (χ0n) is 25.2. The molecule has 0 amide bonds. The number of thioether (sulfide) groups is 8. The second-order valence-corrected chi connectivity index (χ2v) is 24.6. The van der Waals surface area contributed by atoms with Crippen LogP contribution in [0.4, 0.5) is 0 Å². The molecule has 0 atom stereocenters. The van der Waals surface area contributed by atoms with Gasteiger partial charge in [0, 0.05) is 0 Å². The van der Waals surface area contributed by atoms with Gasteiger partial charge in [-0.25, -0.2) is 0 Å². The third-order valence-electron chi connectivity index (χ3n) is 6.35. The molecule has 4 heterocycles. The van der Waals surface area contributed by atoms with Crippen molar-refractivity contribution in [1.29, 1.82) is 0 Å². The summed E-state index contributed by atoms with van der Waals surface area (Å²) in [6, 6.07) is 0. The summed E-state index contributed by atoms with van der Waals surface area (Å²) in [5.74, 6) is 4.55. The van der Waals surface area contributed by atoms with Gasteiger partial charge < -0.3 is 0 Å². The molecule has 0 N–H and O–H groups in total. The lowest BCUT2D eigenvalue weighted by Crippen LogP contribution is -2.11. The highest BCUT2D eigenvalue weighted by Crippen LogP contribution is 2.59. The third-order valence-corrected chi connectivity index (χ3v) is 24.0. The summed E-state index contributed by atoms with van der Waals surface area (Å²) >= 11 is 21.4. The summed E-state index contributed by atoms with van der Waals surface area (Å²) in [6.07, 6.45) is 9.69. The number of unbranched alkanes of at least 4 members (excludes halogenated alkanes) is 4. The molecular formula is C30H36O2S12. The first-order valence-electron chi connectivity index (χ1n) is 15.0. The monoisotopic (exact) mass is 812 g/mol. The van der Waals surface area contributed by atoms with E-state index in [1.807, 2.05) is 94.1 Å². The molecule has 44 heavy (non-hydrogen) atoms. The lowest BCUT2D eigenvalue weighted by atomic mass is 10.4. The molecular weight excluding hydrogens is 777 g/mol. The highest BCUT2D eigenvalue weighted by molar-refractivity contribution is 8.46. The van der Waals surface area contributed by atoms with E-state index in [4.69, 9.17) is 0 Å². The molecule has 0 unspecified atom stereocenters. The van der Waals surface area contributed by atoms with E-state index in [-0.39, 0.29) is 10.9 Å². The topological polar surface area (TPSA) is 34.1 Å². The summed E-state index contributed by atoms with van der Waals surface area (Å²) in [6.45, 7) is 8.97. The Morgan fingerprint density at radius 2 is 0.682 bits per heavy atom. The van der Waals surface area contributed by atoms with Crippen LogP contribution >= 0.6 is 139 Å². The van der Waals surface area contributed by atoms with Gasteiger partial charge in [0.25, 0.3) is 0 Å². The minimum Gasteiger partial charge on any atom is -0.287 e. The fourth-order valence-corrected chi connectivity index (χ4v) is 22.0. The van der Waals surface area contributed by atoms with Gasteiger partial charge in [-0.1, -0.05) is 100 Å². The average Bonchev–Trinajstić information content (AvgIpc) is 3.82. The maximum absolute atomic E-state index is 13.9. The molecule has 2 nitrogen and oxygen atoms in total. The fraction of sp³-hybridized carbons (Fsp3) is 0.533. The molecule has 240 valence electrons. The standard InChI is InChI=1S/C30H36O2S12/c1-5-9-13-33-23-24(34-14-10-6-2)42-29(41-23)27-37-19-17(31)21-22(18(32)20(19)38-27)40-28(39-21)30-43-25(35-15-11-7-3)26(44-30)36-16-12-8-4/h5-16H2,1-4H3. The maximum Gasteiger partial charge on any atom is 0.216 e. The lowest BCUT2D eigenvalue weighted by Gasteiger charge is -2.03. The number of hydrogen-bond donors (Lipinski definition) is 0. The van der Waals surface area contributed by atoms with Gasteiger partial charge in [-0.15, -0.1) is 92.4 Å². The van der Waals surface area contributed by atoms with Gasteiger partial charge in [0.2, 0.25) is 10.9 Å². The highest BCUT2D eigenvalue weighted by Gasteiger charge is 2.26. The van der Waals surface area contributed by atoms with Crippen molar-refractivity contribution in [2.24, 2.45) is 0 Å². The van der Waals surface area contributed by atoms with Gasteiger partial charge in [-0.05, 0) is 48.7 Å². The van der Waals surface area contributed by atoms with Crippen LogP contribution in [0.3, 0.4) is 0 Å². The summed E-state index contributed by atoms with van der Waals surface area (Å²) in [5, 5.41) is 0. The zero-order chi connectivity index (χ0) is 31.1. The predicted molar refractivity (Wildman–Crippen MR) is 221 cm³/mol. The van der Waals surface area contributed by atoms with Crippen molar-refractivity contribution in [1.82, 2.24) is 0 Å². The van der Waals surface area contributed by atoms with Crippen LogP contribution in [0, 0.1) is 18.1 Å². The molecule has 0 spiro atoms. The minimum atomic E-state index is 0.0443. The first kappa shape index (κ1) is 36.7. The van der Waals surface area contributed by atoms with E-state index >= 15 is 0 Å². The third kappa shape index (κ3) is 8.97. The smallest absolute Gasteiger partial charge is 0.216 e. The second kappa shape index (κ2) is 18.5. The van der Waals surface area contributed by atoms with Crippen LogP contribution in [0.15, 0.2) is 26.5 Å². The van der Waals surface area contributed by atoms with Crippen LogP contribution < -0.4 is 18.5 Å². The predicted octanol–water partition coefficient (Wildman–Crippen LogP) is 11.6. The average molecular weight is 813 g/mol. The van der Waals surface area contributed by atoms with Gasteiger partial charge in [0.05, 0.1) is 43.6 Å². The molecule has 0 aromatic rings. The Morgan fingerprint density at radius 1 is 0.432 bits per heavy atom. The van der Waals surface area contributed by atoms with Gasteiger partial charge in [0.1, 0.15) is 7.69 Å². The fourth-order valence-electron chi connectivity index (χ4n) is 3.87. The van der Waals surface area contributed by atoms with E-state index in [0.29, 0.717) is 18.1 Å². The molecule has 0 bridgehead atoms. The van der Waals surface area contributed by atoms with Gasteiger partial charge in [-0.3, -0.25) is 9.59 Å². The van der Waals surface area contributed by atoms with Crippen LogP contribution in [-0.4, -0.2) is 23.0 Å². The molecule has 0 saturated carbocycles. The normalized spacial score (nSPS) is 15.8. The second-order valence-electron chi connectivity index (χ2n) is 9.90. The Morgan fingerprint density at radius 3 is 0.909 bits per heavy atom. The van der Waals surface area contributed by atoms with Crippen molar-refractivity contribution in [2.75, 3.05) is 23.0 Å². The van der Waals surface area contributed by atoms with Crippen molar-refractivity contribution < 1.29 is 0 Å². The Labute approximate surface area is 309 Å². The van der Waals surface area contributed by atoms with E-state index in [2.05, 4.69) is 27.7 Å². The Balaban J connectivity index is 1.47. The van der Waals surface area contributed by atoms with E-state index in [1.165, 1.54) is 122 Å². The lowest BCUT2D eigenvalue weighted by molar-refractivity contribution is 0.897. The molecule has 5 aliphatic rings. The van der Waals surface area contributed by atoms with Crippen LogP contribution in [0.5, 0.6) is 0 Å². The maximum atomic E-state index is 13.9. The van der Waals surface area contributed by atoms with Crippen molar-refractivity contribution in [2.45, 2.75) is 79.1 Å². The van der Waals surface area contributed by atoms with E-state index in [0.717, 1.165) is 30.7 Å². The van der Waals surface area contributed by atoms with Crippen LogP contribution in [0.2, 0.25) is 0 Å². The van der Waals surface area contributed by atoms with Crippen molar-refractivity contribution in [3.63, 3.8) is 0 Å². The van der Waals surface area contributed by atoms with Gasteiger partial charge in [0.15, 0.2) is 0 Å². The Hall–Kier alpha value is 1.46. The molecule has 0 fully saturated rings. The summed E-state index contributed by atoms with van der Waals surface area (Å²) in [4.78, 5) is 27.7. The molecule has 4 aliphatic heterocycles. The minimum absolute atomic E-state index is 0.0443. The van der Waals surface area contributed by atoms with Gasteiger partial charge in [-0.2, -0.15) is 0 Å². The Bertz CT molecular complexity index is 1620. The molecule has 0 aromatic heterocycles. The van der Waals surface area contributed by atoms with E-state index < -0.39 is 0 Å². The quantitative estimate of drug-likeness (QED) is 0.130. The number of hydrogen-bond acceptors (Lipinski definition) is 14. The Kier molecular flexibility index (Phi) is 15.4. The van der Waals surface area contributed by atoms with Crippen molar-refractivity contribution in [3.8, 4) is 0 Å². The molecule has 0 aromatic carbocycles. The molecule has 14 heteroatoms. The summed E-state index contributed by atoms with van der Waals surface area (Å²) in [5.41, 5.74) is 0.0887. The molecule has 0 saturated heterocycles. The molecule has 0 radical (unpaired) electrons. The first-order chi connectivity index (χ1) is 21.5. The molecule has 1 aliphatic carbocycles. The number of rotatable bonds is 16.